The van der Waals surface area contributed by atoms with Crippen molar-refractivity contribution in [2.45, 2.75) is 232 Å². The molecule has 0 fully saturated rings. The second kappa shape index (κ2) is 39.3. The van der Waals surface area contributed by atoms with Crippen molar-refractivity contribution >= 4 is 13.8 Å². The predicted octanol–water partition coefficient (Wildman–Crippen LogP) is 13.7. The van der Waals surface area contributed by atoms with E-state index in [1.165, 1.54) is 173 Å². The number of carbonyl (C=O) groups excluding carboxylic acids is 1. The second-order valence-corrected chi connectivity index (χ2v) is 18.6. The van der Waals surface area contributed by atoms with Crippen LogP contribution in [0.4, 0.5) is 0 Å². The summed E-state index contributed by atoms with van der Waals surface area (Å²) in [5.74, 6) is -0.307. The molecule has 0 aliphatic heterocycles. The average molecular weight is 791 g/mol. The van der Waals surface area contributed by atoms with Crippen LogP contribution >= 0.6 is 7.82 Å². The lowest BCUT2D eigenvalue weighted by molar-refractivity contribution is -0.870. The number of likely N-dealkylation sites (N-methyl/N-ethyl adjacent to an activating group) is 1. The van der Waals surface area contributed by atoms with Gasteiger partial charge in [0.15, 0.2) is 0 Å². The molecule has 0 saturated heterocycles. The highest BCUT2D eigenvalue weighted by Gasteiger charge is 2.26. The Morgan fingerprint density at radius 1 is 0.500 bits per heavy atom. The molecule has 324 valence electrons. The van der Waals surface area contributed by atoms with Crippen LogP contribution in [-0.4, -0.2) is 75.6 Å². The van der Waals surface area contributed by atoms with Crippen LogP contribution in [0, 0.1) is 0 Å². The fourth-order valence-corrected chi connectivity index (χ4v) is 7.53. The van der Waals surface area contributed by atoms with Gasteiger partial charge in [0.1, 0.15) is 19.3 Å². The molecule has 1 N–H and O–H groups in total. The number of carbonyl (C=O) groups is 1. The number of hydrogen-bond donors (Lipinski definition) is 1. The van der Waals surface area contributed by atoms with Crippen molar-refractivity contribution in [2.75, 3.05) is 54.1 Å². The van der Waals surface area contributed by atoms with Gasteiger partial charge in [-0.1, -0.05) is 206 Å². The molecule has 0 amide bonds. The van der Waals surface area contributed by atoms with Gasteiger partial charge in [0.25, 0.3) is 0 Å². The third kappa shape index (κ3) is 42.6. The largest absolute Gasteiger partial charge is 0.472 e. The van der Waals surface area contributed by atoms with Crippen molar-refractivity contribution in [3.8, 4) is 0 Å². The molecular weight excluding hydrogens is 697 g/mol. The molecule has 0 aromatic carbocycles. The third-order valence-electron chi connectivity index (χ3n) is 10.4. The SMILES string of the molecule is CCCCCCCCCCCCCCCCCCOCC(COP(=O)(O)OCC[N+](C)(C)C)OC(=O)CCCCCCCCCCCCCCCCCC. The number of rotatable bonds is 44. The number of ether oxygens (including phenoxy) is 2. The Labute approximate surface area is 336 Å². The highest BCUT2D eigenvalue weighted by atomic mass is 31.2. The van der Waals surface area contributed by atoms with Crippen molar-refractivity contribution in [1.29, 1.82) is 0 Å². The molecule has 9 heteroatoms. The molecule has 0 saturated carbocycles. The maximum Gasteiger partial charge on any atom is 0.472 e. The molecule has 0 radical (unpaired) electrons. The summed E-state index contributed by atoms with van der Waals surface area (Å²) in [5, 5.41) is 0. The van der Waals surface area contributed by atoms with Gasteiger partial charge in [-0.25, -0.2) is 4.57 Å². The Kier molecular flexibility index (Phi) is 39.0. The van der Waals surface area contributed by atoms with Crippen molar-refractivity contribution in [1.82, 2.24) is 0 Å². The Balaban J connectivity index is 4.15. The minimum Gasteiger partial charge on any atom is -0.457 e. The molecule has 0 heterocycles. The van der Waals surface area contributed by atoms with Crippen molar-refractivity contribution in [3.05, 3.63) is 0 Å². The van der Waals surface area contributed by atoms with E-state index in [4.69, 9.17) is 18.5 Å². The zero-order chi connectivity index (χ0) is 39.9. The number of nitrogens with zero attached hydrogens (tertiary/aromatic N) is 1. The number of unbranched alkanes of at least 4 members (excludes halogenated alkanes) is 30. The lowest BCUT2D eigenvalue weighted by atomic mass is 10.0. The highest BCUT2D eigenvalue weighted by Crippen LogP contribution is 2.43. The van der Waals surface area contributed by atoms with Crippen LogP contribution in [0.25, 0.3) is 0 Å². The van der Waals surface area contributed by atoms with Gasteiger partial charge < -0.3 is 18.9 Å². The van der Waals surface area contributed by atoms with Gasteiger partial charge in [0.05, 0.1) is 34.4 Å². The van der Waals surface area contributed by atoms with Crippen molar-refractivity contribution < 1.29 is 37.3 Å². The van der Waals surface area contributed by atoms with E-state index < -0.39 is 13.9 Å². The molecule has 8 nitrogen and oxygen atoms in total. The molecule has 2 atom stereocenters. The first-order valence-electron chi connectivity index (χ1n) is 23.3. The molecule has 54 heavy (non-hydrogen) atoms. The zero-order valence-corrected chi connectivity index (χ0v) is 37.6. The van der Waals surface area contributed by atoms with Gasteiger partial charge in [-0.15, -0.1) is 0 Å². The third-order valence-corrected chi connectivity index (χ3v) is 11.4. The lowest BCUT2D eigenvalue weighted by Gasteiger charge is -2.24. The number of phosphoric acid groups is 1. The summed E-state index contributed by atoms with van der Waals surface area (Å²) in [6.07, 6.45) is 41.3. The highest BCUT2D eigenvalue weighted by molar-refractivity contribution is 7.47. The summed E-state index contributed by atoms with van der Waals surface area (Å²) in [4.78, 5) is 22.9. The number of phosphoric ester groups is 1. The van der Waals surface area contributed by atoms with Crippen LogP contribution in [0.3, 0.4) is 0 Å². The van der Waals surface area contributed by atoms with Gasteiger partial charge in [-0.05, 0) is 12.8 Å². The summed E-state index contributed by atoms with van der Waals surface area (Å²) >= 11 is 0. The number of hydrogen-bond acceptors (Lipinski definition) is 6. The van der Waals surface area contributed by atoms with Crippen LogP contribution in [0.1, 0.15) is 226 Å². The average Bonchev–Trinajstić information content (AvgIpc) is 3.12. The van der Waals surface area contributed by atoms with Crippen LogP contribution in [0.2, 0.25) is 0 Å². The molecule has 0 rings (SSSR count). The smallest absolute Gasteiger partial charge is 0.457 e. The summed E-state index contributed by atoms with van der Waals surface area (Å²) in [7, 11) is 1.69. The van der Waals surface area contributed by atoms with Crippen LogP contribution in [-0.2, 0) is 27.9 Å². The first kappa shape index (κ1) is 53.5. The van der Waals surface area contributed by atoms with E-state index in [1.807, 2.05) is 21.1 Å². The molecule has 0 aromatic rings. The maximum atomic E-state index is 12.7. The quantitative estimate of drug-likeness (QED) is 0.0284. The Hall–Kier alpha value is -0.500. The van der Waals surface area contributed by atoms with E-state index in [2.05, 4.69) is 13.8 Å². The van der Waals surface area contributed by atoms with E-state index in [-0.39, 0.29) is 25.8 Å². The first-order chi connectivity index (χ1) is 26.1. The van der Waals surface area contributed by atoms with Gasteiger partial charge >= 0.3 is 13.8 Å². The maximum absolute atomic E-state index is 12.7. The Morgan fingerprint density at radius 2 is 0.852 bits per heavy atom. The van der Waals surface area contributed by atoms with Crippen molar-refractivity contribution in [3.63, 3.8) is 0 Å². The summed E-state index contributed by atoms with van der Waals surface area (Å²) in [6.45, 7) is 5.69. The number of quaternary nitrogens is 1. The topological polar surface area (TPSA) is 91.3 Å². The molecule has 0 spiro atoms. The molecule has 0 aliphatic carbocycles. The monoisotopic (exact) mass is 791 g/mol. The summed E-state index contributed by atoms with van der Waals surface area (Å²) < 4.78 is 35.1. The van der Waals surface area contributed by atoms with E-state index in [9.17, 15) is 14.3 Å². The van der Waals surface area contributed by atoms with Crippen LogP contribution in [0.15, 0.2) is 0 Å². The molecule has 0 aromatic heterocycles. The Morgan fingerprint density at radius 3 is 1.22 bits per heavy atom. The van der Waals surface area contributed by atoms with Gasteiger partial charge in [0.2, 0.25) is 0 Å². The fourth-order valence-electron chi connectivity index (χ4n) is 6.79. The van der Waals surface area contributed by atoms with E-state index in [0.29, 0.717) is 24.1 Å². The van der Waals surface area contributed by atoms with E-state index in [1.54, 1.807) is 0 Å². The summed E-state index contributed by atoms with van der Waals surface area (Å²) in [6, 6.07) is 0. The minimum atomic E-state index is -4.27. The van der Waals surface area contributed by atoms with Crippen molar-refractivity contribution in [2.24, 2.45) is 0 Å². The first-order valence-corrected chi connectivity index (χ1v) is 24.8. The number of esters is 1. The van der Waals surface area contributed by atoms with Gasteiger partial charge in [-0.2, -0.15) is 0 Å². The van der Waals surface area contributed by atoms with E-state index in [0.717, 1.165) is 32.1 Å². The normalized spacial score (nSPS) is 13.7. The molecule has 0 aliphatic rings. The molecule has 0 bridgehead atoms. The van der Waals surface area contributed by atoms with Crippen LogP contribution < -0.4 is 0 Å². The van der Waals surface area contributed by atoms with E-state index >= 15 is 0 Å². The molecule has 2 unspecified atom stereocenters. The van der Waals surface area contributed by atoms with Crippen LogP contribution in [0.5, 0.6) is 0 Å². The molecular formula is C45H93NO7P+. The summed E-state index contributed by atoms with van der Waals surface area (Å²) in [5.41, 5.74) is 0. The Bertz CT molecular complexity index is 837. The lowest BCUT2D eigenvalue weighted by Crippen LogP contribution is -2.37. The van der Waals surface area contributed by atoms with Gasteiger partial charge in [-0.3, -0.25) is 13.8 Å². The van der Waals surface area contributed by atoms with Gasteiger partial charge in [0, 0.05) is 13.0 Å². The minimum absolute atomic E-state index is 0.0940. The fraction of sp³-hybridized carbons (Fsp3) is 0.978. The standard InChI is InChI=1S/C45H92NO7P/c1-6-8-10-12-14-16-18-20-22-24-26-28-30-32-34-36-38-45(47)53-44(43-52-54(48,49)51-41-39-46(3,4)5)42-50-40-37-35-33-31-29-27-25-23-21-19-17-15-13-11-9-7-2/h44H,6-43H2,1-5H3/p+1. The predicted molar refractivity (Wildman–Crippen MR) is 229 cm³/mol. The second-order valence-electron chi connectivity index (χ2n) is 17.2. The zero-order valence-electron chi connectivity index (χ0n) is 36.7.